The van der Waals surface area contributed by atoms with E-state index in [0.717, 1.165) is 35.0 Å². The molecule has 1 saturated carbocycles. The van der Waals surface area contributed by atoms with Crippen LogP contribution >= 0.6 is 15.9 Å². The lowest BCUT2D eigenvalue weighted by molar-refractivity contribution is 0.193. The van der Waals surface area contributed by atoms with E-state index in [0.29, 0.717) is 5.92 Å². The number of ether oxygens (including phenoxy) is 1. The summed E-state index contributed by atoms with van der Waals surface area (Å²) in [6.07, 6.45) is 5.07. The number of halogens is 1. The fraction of sp³-hybridized carbons (Fsp3) is 0.625. The van der Waals surface area contributed by atoms with Crippen molar-refractivity contribution in [3.63, 3.8) is 0 Å². The summed E-state index contributed by atoms with van der Waals surface area (Å²) in [5.74, 6) is 3.16. The Hall–Kier alpha value is -0.540. The minimum Gasteiger partial charge on any atom is -0.496 e. The Morgan fingerprint density at radius 3 is 2.74 bits per heavy atom. The smallest absolute Gasteiger partial charge is 0.133 e. The van der Waals surface area contributed by atoms with Crippen LogP contribution in [0.3, 0.4) is 0 Å². The summed E-state index contributed by atoms with van der Waals surface area (Å²) in [6, 6.07) is 6.41. The molecule has 0 saturated heterocycles. The number of methoxy groups -OCH3 is 1. The molecule has 1 aromatic rings. The van der Waals surface area contributed by atoms with Crippen molar-refractivity contribution < 1.29 is 4.74 Å². The van der Waals surface area contributed by atoms with E-state index in [4.69, 9.17) is 10.5 Å². The number of hydrogen-bond donors (Lipinski definition) is 1. The second-order valence-electron chi connectivity index (χ2n) is 5.85. The third-order valence-electron chi connectivity index (χ3n) is 4.42. The number of nitrogens with two attached hydrogens (primary N) is 1. The molecular weight excluding hydrogens is 302 g/mol. The first-order chi connectivity index (χ1) is 9.13. The molecule has 0 bridgehead atoms. The molecule has 0 aliphatic heterocycles. The highest BCUT2D eigenvalue weighted by molar-refractivity contribution is 9.10. The summed E-state index contributed by atoms with van der Waals surface area (Å²) in [5, 5.41) is 0. The zero-order valence-corrected chi connectivity index (χ0v) is 13.4. The average molecular weight is 326 g/mol. The summed E-state index contributed by atoms with van der Waals surface area (Å²) < 4.78 is 6.32. The average Bonchev–Trinajstić information content (AvgIpc) is 2.39. The predicted octanol–water partition coefficient (Wildman–Crippen LogP) is 4.01. The molecule has 0 aromatic heterocycles. The maximum atomic E-state index is 5.94. The lowest BCUT2D eigenvalue weighted by Crippen LogP contribution is -2.31. The van der Waals surface area contributed by atoms with Crippen LogP contribution in [0.15, 0.2) is 22.7 Å². The molecule has 1 fully saturated rings. The van der Waals surface area contributed by atoms with Crippen LogP contribution in [-0.4, -0.2) is 13.7 Å². The first-order valence-corrected chi connectivity index (χ1v) is 7.95. The first-order valence-electron chi connectivity index (χ1n) is 7.16. The van der Waals surface area contributed by atoms with Gasteiger partial charge in [-0.2, -0.15) is 0 Å². The topological polar surface area (TPSA) is 35.2 Å². The molecule has 0 heterocycles. The maximum Gasteiger partial charge on any atom is 0.133 e. The monoisotopic (exact) mass is 325 g/mol. The number of benzene rings is 1. The van der Waals surface area contributed by atoms with Gasteiger partial charge in [0.25, 0.3) is 0 Å². The second kappa shape index (κ2) is 6.76. The largest absolute Gasteiger partial charge is 0.496 e. The van der Waals surface area contributed by atoms with Gasteiger partial charge < -0.3 is 10.5 Å². The van der Waals surface area contributed by atoms with Gasteiger partial charge in [0.2, 0.25) is 0 Å². The summed E-state index contributed by atoms with van der Waals surface area (Å²) in [5.41, 5.74) is 7.32. The molecule has 19 heavy (non-hydrogen) atoms. The normalized spacial score (nSPS) is 27.3. The van der Waals surface area contributed by atoms with Gasteiger partial charge in [-0.25, -0.2) is 0 Å². The molecule has 1 aromatic carbocycles. The minimum atomic E-state index is 0.692. The van der Waals surface area contributed by atoms with Gasteiger partial charge in [-0.05, 0) is 77.2 Å². The summed E-state index contributed by atoms with van der Waals surface area (Å²) in [6.45, 7) is 3.19. The molecule has 3 atom stereocenters. The van der Waals surface area contributed by atoms with Gasteiger partial charge >= 0.3 is 0 Å². The highest BCUT2D eigenvalue weighted by atomic mass is 79.9. The summed E-state index contributed by atoms with van der Waals surface area (Å²) >= 11 is 3.57. The van der Waals surface area contributed by atoms with Crippen molar-refractivity contribution in [2.75, 3.05) is 13.7 Å². The van der Waals surface area contributed by atoms with Crippen molar-refractivity contribution in [3.05, 3.63) is 28.2 Å². The van der Waals surface area contributed by atoms with E-state index in [-0.39, 0.29) is 0 Å². The van der Waals surface area contributed by atoms with Crippen LogP contribution in [0.4, 0.5) is 0 Å². The fourth-order valence-corrected chi connectivity index (χ4v) is 3.85. The van der Waals surface area contributed by atoms with E-state index < -0.39 is 0 Å². The molecule has 3 heteroatoms. The van der Waals surface area contributed by atoms with E-state index in [1.807, 2.05) is 6.07 Å². The van der Waals surface area contributed by atoms with Crippen LogP contribution in [0.25, 0.3) is 0 Å². The fourth-order valence-electron chi connectivity index (χ4n) is 3.26. The Labute approximate surface area is 124 Å². The van der Waals surface area contributed by atoms with Crippen molar-refractivity contribution >= 4 is 15.9 Å². The molecule has 1 aliphatic rings. The van der Waals surface area contributed by atoms with Crippen LogP contribution in [0.5, 0.6) is 5.75 Å². The molecule has 2 nitrogen and oxygen atoms in total. The summed E-state index contributed by atoms with van der Waals surface area (Å²) in [4.78, 5) is 0. The van der Waals surface area contributed by atoms with Gasteiger partial charge in [0, 0.05) is 0 Å². The molecule has 1 aliphatic carbocycles. The van der Waals surface area contributed by atoms with Gasteiger partial charge in [0.05, 0.1) is 11.6 Å². The Morgan fingerprint density at radius 2 is 2.11 bits per heavy atom. The van der Waals surface area contributed by atoms with Gasteiger partial charge in [0.15, 0.2) is 0 Å². The molecule has 0 spiro atoms. The zero-order valence-electron chi connectivity index (χ0n) is 11.9. The number of hydrogen-bond acceptors (Lipinski definition) is 2. The highest BCUT2D eigenvalue weighted by Crippen LogP contribution is 2.36. The summed E-state index contributed by atoms with van der Waals surface area (Å²) in [7, 11) is 1.70. The Morgan fingerprint density at radius 1 is 1.32 bits per heavy atom. The van der Waals surface area contributed by atoms with Crippen LogP contribution < -0.4 is 10.5 Å². The maximum absolute atomic E-state index is 5.94. The van der Waals surface area contributed by atoms with Gasteiger partial charge in [-0.15, -0.1) is 0 Å². The molecule has 0 radical (unpaired) electrons. The zero-order chi connectivity index (χ0) is 13.8. The van der Waals surface area contributed by atoms with Crippen molar-refractivity contribution in [2.45, 2.75) is 32.6 Å². The van der Waals surface area contributed by atoms with Crippen molar-refractivity contribution in [1.29, 1.82) is 0 Å². The number of rotatable bonds is 4. The molecule has 2 rings (SSSR count). The molecular formula is C16H24BrNO. The lowest BCUT2D eigenvalue weighted by atomic mass is 9.72. The van der Waals surface area contributed by atoms with Crippen molar-refractivity contribution in [3.8, 4) is 5.75 Å². The third-order valence-corrected chi connectivity index (χ3v) is 5.04. The highest BCUT2D eigenvalue weighted by Gasteiger charge is 2.27. The Bertz CT molecular complexity index is 421. The van der Waals surface area contributed by atoms with Crippen LogP contribution in [0.2, 0.25) is 0 Å². The van der Waals surface area contributed by atoms with Crippen LogP contribution in [0, 0.1) is 17.8 Å². The van der Waals surface area contributed by atoms with Crippen LogP contribution in [-0.2, 0) is 6.42 Å². The SMILES string of the molecule is COc1ccc(CC2CC(C)CCC2CN)cc1Br. The van der Waals surface area contributed by atoms with Gasteiger partial charge in [-0.1, -0.05) is 19.4 Å². The predicted molar refractivity (Wildman–Crippen MR) is 83.4 cm³/mol. The van der Waals surface area contributed by atoms with Crippen molar-refractivity contribution in [2.24, 2.45) is 23.5 Å². The van der Waals surface area contributed by atoms with Crippen molar-refractivity contribution in [1.82, 2.24) is 0 Å². The van der Waals surface area contributed by atoms with Gasteiger partial charge in [0.1, 0.15) is 5.75 Å². The van der Waals surface area contributed by atoms with E-state index in [9.17, 15) is 0 Å². The molecule has 3 unspecified atom stereocenters. The van der Waals surface area contributed by atoms with Crippen LogP contribution in [0.1, 0.15) is 31.7 Å². The van der Waals surface area contributed by atoms with Gasteiger partial charge in [-0.3, -0.25) is 0 Å². The van der Waals surface area contributed by atoms with E-state index >= 15 is 0 Å². The van der Waals surface area contributed by atoms with E-state index in [2.05, 4.69) is 35.0 Å². The van der Waals surface area contributed by atoms with E-state index in [1.54, 1.807) is 7.11 Å². The minimum absolute atomic E-state index is 0.692. The molecule has 2 N–H and O–H groups in total. The molecule has 0 amide bonds. The Balaban J connectivity index is 2.08. The second-order valence-corrected chi connectivity index (χ2v) is 6.70. The Kier molecular flexibility index (Phi) is 5.28. The quantitative estimate of drug-likeness (QED) is 0.907. The van der Waals surface area contributed by atoms with E-state index in [1.165, 1.54) is 24.8 Å². The first kappa shape index (κ1) is 14.9. The standard InChI is InChI=1S/C16H24BrNO/c1-11-3-5-13(10-18)14(7-11)8-12-4-6-16(19-2)15(17)9-12/h4,6,9,11,13-14H,3,5,7-8,10,18H2,1-2H3. The lowest BCUT2D eigenvalue weighted by Gasteiger charge is -2.34. The third kappa shape index (κ3) is 3.73. The molecule has 106 valence electrons.